The highest BCUT2D eigenvalue weighted by atomic mass is 35.5. The number of benzene rings is 4. The summed E-state index contributed by atoms with van der Waals surface area (Å²) in [7, 11) is 0. The topological polar surface area (TPSA) is 20.5 Å². The second kappa shape index (κ2) is 16.6. The Morgan fingerprint density at radius 1 is 0.632 bits per heavy atom. The van der Waals surface area contributed by atoms with Crippen molar-refractivity contribution in [3.05, 3.63) is 201 Å². The summed E-state index contributed by atoms with van der Waals surface area (Å²) in [6, 6.07) is 44.9. The third-order valence-corrected chi connectivity index (χ3v) is 12.8. The molecule has 0 saturated carbocycles. The van der Waals surface area contributed by atoms with Gasteiger partial charge < -0.3 is 4.74 Å². The van der Waals surface area contributed by atoms with Crippen LogP contribution in [0.4, 0.5) is 0 Å². The Labute approximate surface area is 343 Å². The predicted molar refractivity (Wildman–Crippen MR) is 238 cm³/mol. The molecule has 2 unspecified atom stereocenters. The predicted octanol–water partition coefficient (Wildman–Crippen LogP) is 15.5. The molecule has 9 rings (SSSR count). The van der Waals surface area contributed by atoms with Gasteiger partial charge in [0.25, 0.3) is 0 Å². The molecule has 4 aliphatic rings. The van der Waals surface area contributed by atoms with Crippen molar-refractivity contribution >= 4 is 28.5 Å². The van der Waals surface area contributed by atoms with E-state index in [-0.39, 0.29) is 0 Å². The first-order valence-corrected chi connectivity index (χ1v) is 21.3. The highest BCUT2D eigenvalue weighted by molar-refractivity contribution is 6.32. The number of fused-ring (bicyclic) bond motifs is 2. The maximum Gasteiger partial charge on any atom is 0.361 e. The van der Waals surface area contributed by atoms with Crippen molar-refractivity contribution in [2.45, 2.75) is 71.6 Å². The normalized spacial score (nSPS) is 21.0. The minimum atomic E-state index is 0.529. The quantitative estimate of drug-likeness (QED) is 0.147. The minimum absolute atomic E-state index is 0.529. The van der Waals surface area contributed by atoms with Gasteiger partial charge in [-0.1, -0.05) is 154 Å². The van der Waals surface area contributed by atoms with Crippen LogP contribution in [-0.2, 0) is 11.2 Å². The molecule has 2 atom stereocenters. The Balaban J connectivity index is 1.17. The van der Waals surface area contributed by atoms with Gasteiger partial charge in [-0.3, -0.25) is 0 Å². The molecule has 5 aromatic rings. The van der Waals surface area contributed by atoms with Crippen molar-refractivity contribution in [2.75, 3.05) is 0 Å². The lowest BCUT2D eigenvalue weighted by Gasteiger charge is -2.33. The van der Waals surface area contributed by atoms with Gasteiger partial charge in [0.15, 0.2) is 0 Å². The number of hydrogen-bond acceptors (Lipinski definition) is 1. The van der Waals surface area contributed by atoms with Crippen molar-refractivity contribution in [1.82, 2.24) is 0 Å². The molecule has 1 aliphatic heterocycles. The lowest BCUT2D eigenvalue weighted by atomic mass is 9.77. The van der Waals surface area contributed by atoms with Crippen molar-refractivity contribution in [1.29, 1.82) is 0 Å². The van der Waals surface area contributed by atoms with Crippen LogP contribution in [0.2, 0.25) is 0 Å². The minimum Gasteiger partial charge on any atom is -0.456 e. The molecule has 3 heteroatoms. The average Bonchev–Trinajstić information content (AvgIpc) is 3.28. The van der Waals surface area contributed by atoms with Crippen LogP contribution in [0.1, 0.15) is 87.7 Å². The molecule has 57 heavy (non-hydrogen) atoms. The molecule has 284 valence electrons. The Bertz CT molecular complexity index is 2460. The first-order valence-electron chi connectivity index (χ1n) is 20.9. The van der Waals surface area contributed by atoms with Gasteiger partial charge in [0.2, 0.25) is 0 Å². The van der Waals surface area contributed by atoms with Crippen molar-refractivity contribution in [2.24, 2.45) is 11.8 Å². The monoisotopic (exact) mass is 765 g/mol. The summed E-state index contributed by atoms with van der Waals surface area (Å²) in [5.74, 6) is 4.86. The standard InChI is InChI=1S/C54H50ClO2/c1-3-36-28-44(53-48(30-36)46(38-18-9-5-10-19-38)34-50(56-53)40-22-13-7-14-23-40)32-42-26-17-27-43(52(42)55)33-45-29-37(4-2)31-49-47(39-20-11-6-12-21-39)35-51(57-54(45)49)41-24-15-8-16-25-41/h5-16,18-25,32-37H,3-4,17,26-31H2,1-2H3/q+1. The second-order valence-electron chi connectivity index (χ2n) is 16.1. The van der Waals surface area contributed by atoms with Crippen LogP contribution in [0, 0.1) is 11.8 Å². The van der Waals surface area contributed by atoms with Gasteiger partial charge in [-0.15, -0.1) is 0 Å². The van der Waals surface area contributed by atoms with Gasteiger partial charge in [-0.05, 0) is 114 Å². The van der Waals surface area contributed by atoms with E-state index in [4.69, 9.17) is 20.8 Å². The summed E-state index contributed by atoms with van der Waals surface area (Å²) in [6.45, 7) is 4.64. The first-order chi connectivity index (χ1) is 28.1. The van der Waals surface area contributed by atoms with E-state index in [2.05, 4.69) is 159 Å². The third kappa shape index (κ3) is 7.68. The number of rotatable bonds is 8. The van der Waals surface area contributed by atoms with E-state index in [0.717, 1.165) is 97.0 Å². The van der Waals surface area contributed by atoms with E-state index in [1.54, 1.807) is 0 Å². The summed E-state index contributed by atoms with van der Waals surface area (Å²) < 4.78 is 13.9. The van der Waals surface area contributed by atoms with Gasteiger partial charge in [-0.25, -0.2) is 4.42 Å². The third-order valence-electron chi connectivity index (χ3n) is 12.4. The van der Waals surface area contributed by atoms with Gasteiger partial charge in [-0.2, -0.15) is 0 Å². The summed E-state index contributed by atoms with van der Waals surface area (Å²) in [5, 5.41) is 0.881. The fourth-order valence-electron chi connectivity index (χ4n) is 9.19. The van der Waals surface area contributed by atoms with E-state index in [0.29, 0.717) is 11.8 Å². The first kappa shape index (κ1) is 37.2. The molecular formula is C54H50ClO2+. The number of halogens is 1. The summed E-state index contributed by atoms with van der Waals surface area (Å²) in [5.41, 5.74) is 14.7. The number of ether oxygens (including phenoxy) is 1. The van der Waals surface area contributed by atoms with E-state index < -0.39 is 0 Å². The van der Waals surface area contributed by atoms with Crippen LogP contribution >= 0.6 is 11.6 Å². The maximum absolute atomic E-state index is 7.58. The smallest absolute Gasteiger partial charge is 0.361 e. The summed E-state index contributed by atoms with van der Waals surface area (Å²) >= 11 is 7.58. The van der Waals surface area contributed by atoms with E-state index in [9.17, 15) is 0 Å². The average molecular weight is 766 g/mol. The molecule has 0 saturated heterocycles. The van der Waals surface area contributed by atoms with Crippen LogP contribution in [0.3, 0.4) is 0 Å². The molecule has 3 aliphatic carbocycles. The molecule has 2 nitrogen and oxygen atoms in total. The lowest BCUT2D eigenvalue weighted by Crippen LogP contribution is -2.18. The van der Waals surface area contributed by atoms with Crippen LogP contribution in [-0.4, -0.2) is 0 Å². The van der Waals surface area contributed by atoms with Crippen LogP contribution in [0.5, 0.6) is 0 Å². The van der Waals surface area contributed by atoms with Crippen molar-refractivity contribution < 1.29 is 9.15 Å². The molecule has 0 spiro atoms. The SMILES string of the molecule is CCC1CC(/C=C2\CCCC(/C=C3\CC(CC)Cc4c(-c5ccccc5)cc(-c5ccccc5)[o+]c43)=C2Cl)=C2OC(c3ccccc3)=CC(c3ccccc3)=C2C1. The summed E-state index contributed by atoms with van der Waals surface area (Å²) in [6.07, 6.45) is 16.1. The second-order valence-corrected chi connectivity index (χ2v) is 16.4. The molecule has 4 aromatic carbocycles. The van der Waals surface area contributed by atoms with E-state index in [1.165, 1.54) is 55.7 Å². The summed E-state index contributed by atoms with van der Waals surface area (Å²) in [4.78, 5) is 0. The Kier molecular flexibility index (Phi) is 10.8. The Hall–Kier alpha value is -5.44. The maximum atomic E-state index is 7.58. The zero-order valence-electron chi connectivity index (χ0n) is 33.1. The number of allylic oxidation sites excluding steroid dienone is 10. The highest BCUT2D eigenvalue weighted by Gasteiger charge is 2.36. The zero-order chi connectivity index (χ0) is 38.7. The molecule has 0 amide bonds. The molecular weight excluding hydrogens is 716 g/mol. The molecule has 2 heterocycles. The molecule has 0 N–H and O–H groups in total. The fraction of sp³-hybridized carbons (Fsp3) is 0.241. The van der Waals surface area contributed by atoms with Gasteiger partial charge in [0, 0.05) is 21.7 Å². The van der Waals surface area contributed by atoms with Gasteiger partial charge in [0.05, 0.1) is 22.8 Å². The van der Waals surface area contributed by atoms with Crippen molar-refractivity contribution in [3.8, 4) is 22.5 Å². The van der Waals surface area contributed by atoms with E-state index >= 15 is 0 Å². The van der Waals surface area contributed by atoms with Crippen LogP contribution < -0.4 is 0 Å². The van der Waals surface area contributed by atoms with Crippen molar-refractivity contribution in [3.63, 3.8) is 0 Å². The molecule has 1 aromatic heterocycles. The Morgan fingerprint density at radius 3 is 1.89 bits per heavy atom. The fourth-order valence-corrected chi connectivity index (χ4v) is 9.49. The lowest BCUT2D eigenvalue weighted by molar-refractivity contribution is 0.350. The van der Waals surface area contributed by atoms with Gasteiger partial charge >= 0.3 is 11.5 Å². The van der Waals surface area contributed by atoms with E-state index in [1.807, 2.05) is 0 Å². The zero-order valence-corrected chi connectivity index (χ0v) is 33.8. The van der Waals surface area contributed by atoms with Crippen LogP contribution in [0.15, 0.2) is 183 Å². The number of hydrogen-bond donors (Lipinski definition) is 0. The highest BCUT2D eigenvalue weighted by Crippen LogP contribution is 2.48. The molecule has 0 fully saturated rings. The molecule has 0 radical (unpaired) electrons. The Morgan fingerprint density at radius 2 is 1.23 bits per heavy atom. The van der Waals surface area contributed by atoms with Gasteiger partial charge in [0.1, 0.15) is 11.5 Å². The molecule has 0 bridgehead atoms. The largest absolute Gasteiger partial charge is 0.456 e. The van der Waals surface area contributed by atoms with Crippen LogP contribution in [0.25, 0.3) is 39.4 Å².